The van der Waals surface area contributed by atoms with Crippen molar-refractivity contribution in [2.75, 3.05) is 26.2 Å². The van der Waals surface area contributed by atoms with Crippen molar-refractivity contribution in [3.63, 3.8) is 0 Å². The Morgan fingerprint density at radius 2 is 1.84 bits per heavy atom. The lowest BCUT2D eigenvalue weighted by Gasteiger charge is -2.38. The summed E-state index contributed by atoms with van der Waals surface area (Å²) >= 11 is 0. The number of rotatable bonds is 4. The fraction of sp³-hybridized carbons (Fsp3) is 0.647. The molecule has 1 atom stereocenters. The van der Waals surface area contributed by atoms with Gasteiger partial charge >= 0.3 is 0 Å². The van der Waals surface area contributed by atoms with Crippen LogP contribution >= 0.6 is 0 Å². The summed E-state index contributed by atoms with van der Waals surface area (Å²) in [7, 11) is 0. The predicted octanol–water partition coefficient (Wildman–Crippen LogP) is 2.60. The normalized spacial score (nSPS) is 25.8. The van der Waals surface area contributed by atoms with E-state index in [-0.39, 0.29) is 0 Å². The highest BCUT2D eigenvalue weighted by molar-refractivity contribution is 5.14. The van der Waals surface area contributed by atoms with E-state index in [9.17, 15) is 0 Å². The maximum Gasteiger partial charge on any atom is 0.00120 e. The van der Waals surface area contributed by atoms with Gasteiger partial charge in [0, 0.05) is 6.54 Å². The average Bonchev–Trinajstić information content (AvgIpc) is 2.83. The SMILES string of the molecule is c1ccc(CCCC2CNCC23CCNCC3)cc1. The standard InChI is InChI=1S/C17H26N2/c1-2-5-15(6-3-1)7-4-8-16-13-19-14-17(16)9-11-18-12-10-17/h1-3,5-6,16,18-19H,4,7-14H2. The number of hydrogen-bond donors (Lipinski definition) is 2. The first-order valence-electron chi connectivity index (χ1n) is 7.84. The molecule has 1 spiro atoms. The Labute approximate surface area is 117 Å². The van der Waals surface area contributed by atoms with Crippen LogP contribution in [-0.2, 0) is 6.42 Å². The van der Waals surface area contributed by atoms with Crippen LogP contribution in [0.25, 0.3) is 0 Å². The van der Waals surface area contributed by atoms with Crippen molar-refractivity contribution in [1.82, 2.24) is 10.6 Å². The van der Waals surface area contributed by atoms with Gasteiger partial charge in [-0.1, -0.05) is 30.3 Å². The lowest BCUT2D eigenvalue weighted by molar-refractivity contribution is 0.149. The highest BCUT2D eigenvalue weighted by Crippen LogP contribution is 2.42. The van der Waals surface area contributed by atoms with Gasteiger partial charge in [0.25, 0.3) is 0 Å². The Morgan fingerprint density at radius 3 is 2.63 bits per heavy atom. The van der Waals surface area contributed by atoms with E-state index in [2.05, 4.69) is 41.0 Å². The largest absolute Gasteiger partial charge is 0.317 e. The first kappa shape index (κ1) is 13.1. The molecule has 0 radical (unpaired) electrons. The molecule has 0 amide bonds. The highest BCUT2D eigenvalue weighted by atomic mass is 15.0. The minimum Gasteiger partial charge on any atom is -0.317 e. The van der Waals surface area contributed by atoms with E-state index < -0.39 is 0 Å². The Morgan fingerprint density at radius 1 is 1.05 bits per heavy atom. The zero-order chi connectivity index (χ0) is 13.0. The van der Waals surface area contributed by atoms with E-state index in [0.717, 1.165) is 5.92 Å². The second kappa shape index (κ2) is 6.06. The molecule has 0 aromatic heterocycles. The molecule has 1 unspecified atom stereocenters. The first-order chi connectivity index (χ1) is 9.39. The molecule has 2 aliphatic rings. The minimum atomic E-state index is 0.613. The van der Waals surface area contributed by atoms with Crippen LogP contribution in [0.2, 0.25) is 0 Å². The molecule has 0 aliphatic carbocycles. The van der Waals surface area contributed by atoms with Crippen molar-refractivity contribution in [1.29, 1.82) is 0 Å². The monoisotopic (exact) mass is 258 g/mol. The molecule has 19 heavy (non-hydrogen) atoms. The van der Waals surface area contributed by atoms with Crippen LogP contribution in [0, 0.1) is 11.3 Å². The van der Waals surface area contributed by atoms with E-state index in [1.165, 1.54) is 63.8 Å². The van der Waals surface area contributed by atoms with Gasteiger partial charge in [-0.25, -0.2) is 0 Å². The van der Waals surface area contributed by atoms with Gasteiger partial charge in [-0.05, 0) is 68.6 Å². The summed E-state index contributed by atoms with van der Waals surface area (Å²) in [6, 6.07) is 10.9. The number of nitrogens with one attached hydrogen (secondary N) is 2. The second-order valence-corrected chi connectivity index (χ2v) is 6.32. The van der Waals surface area contributed by atoms with E-state index in [1.807, 2.05) is 0 Å². The number of benzene rings is 1. The third-order valence-electron chi connectivity index (χ3n) is 5.19. The van der Waals surface area contributed by atoms with Crippen LogP contribution in [0.15, 0.2) is 30.3 Å². The van der Waals surface area contributed by atoms with E-state index >= 15 is 0 Å². The molecule has 2 heteroatoms. The summed E-state index contributed by atoms with van der Waals surface area (Å²) in [6.45, 7) is 4.94. The van der Waals surface area contributed by atoms with Crippen molar-refractivity contribution in [3.05, 3.63) is 35.9 Å². The smallest absolute Gasteiger partial charge is 0.00120 e. The Balaban J connectivity index is 1.51. The van der Waals surface area contributed by atoms with Crippen LogP contribution in [0.4, 0.5) is 0 Å². The third kappa shape index (κ3) is 3.01. The quantitative estimate of drug-likeness (QED) is 0.867. The molecule has 2 N–H and O–H groups in total. The van der Waals surface area contributed by atoms with Gasteiger partial charge in [0.2, 0.25) is 0 Å². The van der Waals surface area contributed by atoms with Gasteiger partial charge in [0.15, 0.2) is 0 Å². The fourth-order valence-electron chi connectivity index (χ4n) is 3.97. The average molecular weight is 258 g/mol. The molecule has 1 aromatic rings. The first-order valence-corrected chi connectivity index (χ1v) is 7.84. The lowest BCUT2D eigenvalue weighted by atomic mass is 9.69. The van der Waals surface area contributed by atoms with Crippen LogP contribution in [0.3, 0.4) is 0 Å². The molecule has 2 saturated heterocycles. The van der Waals surface area contributed by atoms with E-state index in [4.69, 9.17) is 0 Å². The summed E-state index contributed by atoms with van der Waals surface area (Å²) in [5.74, 6) is 0.901. The summed E-state index contributed by atoms with van der Waals surface area (Å²) in [5, 5.41) is 7.16. The van der Waals surface area contributed by atoms with Gasteiger partial charge in [0.05, 0.1) is 0 Å². The molecule has 0 saturated carbocycles. The maximum absolute atomic E-state index is 3.65. The molecule has 0 bridgehead atoms. The summed E-state index contributed by atoms with van der Waals surface area (Å²) in [6.07, 6.45) is 6.71. The van der Waals surface area contributed by atoms with Crippen molar-refractivity contribution in [2.45, 2.75) is 32.1 Å². The van der Waals surface area contributed by atoms with Crippen molar-refractivity contribution in [3.8, 4) is 0 Å². The van der Waals surface area contributed by atoms with Crippen molar-refractivity contribution in [2.24, 2.45) is 11.3 Å². The number of hydrogen-bond acceptors (Lipinski definition) is 2. The predicted molar refractivity (Wildman–Crippen MR) is 80.3 cm³/mol. The molecule has 2 heterocycles. The van der Waals surface area contributed by atoms with Gasteiger partial charge < -0.3 is 10.6 Å². The molecule has 2 fully saturated rings. The Bertz CT molecular complexity index is 382. The zero-order valence-electron chi connectivity index (χ0n) is 11.8. The number of aryl methyl sites for hydroxylation is 1. The van der Waals surface area contributed by atoms with Crippen LogP contribution in [0.5, 0.6) is 0 Å². The minimum absolute atomic E-state index is 0.613. The van der Waals surface area contributed by atoms with Crippen LogP contribution in [0.1, 0.15) is 31.2 Å². The Kier molecular flexibility index (Phi) is 4.19. The van der Waals surface area contributed by atoms with Crippen molar-refractivity contribution < 1.29 is 0 Å². The topological polar surface area (TPSA) is 24.1 Å². The molecule has 2 aliphatic heterocycles. The van der Waals surface area contributed by atoms with E-state index in [1.54, 1.807) is 0 Å². The highest BCUT2D eigenvalue weighted by Gasteiger charge is 2.42. The van der Waals surface area contributed by atoms with E-state index in [0.29, 0.717) is 5.41 Å². The van der Waals surface area contributed by atoms with Gasteiger partial charge in [-0.2, -0.15) is 0 Å². The molecular formula is C17H26N2. The lowest BCUT2D eigenvalue weighted by Crippen LogP contribution is -2.41. The van der Waals surface area contributed by atoms with Gasteiger partial charge in [0.1, 0.15) is 0 Å². The molecule has 2 nitrogen and oxygen atoms in total. The summed E-state index contributed by atoms with van der Waals surface area (Å²) in [4.78, 5) is 0. The third-order valence-corrected chi connectivity index (χ3v) is 5.19. The van der Waals surface area contributed by atoms with Gasteiger partial charge in [-0.15, -0.1) is 0 Å². The van der Waals surface area contributed by atoms with Gasteiger partial charge in [-0.3, -0.25) is 0 Å². The molecule has 1 aromatic carbocycles. The van der Waals surface area contributed by atoms with Crippen LogP contribution in [-0.4, -0.2) is 26.2 Å². The Hall–Kier alpha value is -0.860. The fourth-order valence-corrected chi connectivity index (χ4v) is 3.97. The maximum atomic E-state index is 3.65. The summed E-state index contributed by atoms with van der Waals surface area (Å²) < 4.78 is 0. The molecular weight excluding hydrogens is 232 g/mol. The second-order valence-electron chi connectivity index (χ2n) is 6.32. The van der Waals surface area contributed by atoms with Crippen molar-refractivity contribution >= 4 is 0 Å². The molecule has 3 rings (SSSR count). The summed E-state index contributed by atoms with van der Waals surface area (Å²) in [5.41, 5.74) is 2.11. The number of piperidine rings is 1. The molecule has 104 valence electrons. The zero-order valence-corrected chi connectivity index (χ0v) is 11.8. The van der Waals surface area contributed by atoms with Crippen LogP contribution < -0.4 is 10.6 Å².